The highest BCUT2D eigenvalue weighted by molar-refractivity contribution is 7.93. The Bertz CT molecular complexity index is 1220. The summed E-state index contributed by atoms with van der Waals surface area (Å²) < 4.78 is 30.3. The number of para-hydroxylation sites is 1. The maximum absolute atomic E-state index is 13.5. The fourth-order valence-electron chi connectivity index (χ4n) is 4.04. The first-order valence-corrected chi connectivity index (χ1v) is 12.5. The van der Waals surface area contributed by atoms with E-state index in [1.807, 2.05) is 12.3 Å². The van der Waals surface area contributed by atoms with Crippen LogP contribution in [-0.4, -0.2) is 48.4 Å². The van der Waals surface area contributed by atoms with Crippen molar-refractivity contribution >= 4 is 33.2 Å². The topological polar surface area (TPSA) is 75.5 Å². The minimum Gasteiger partial charge on any atom is -0.338 e. The largest absolute Gasteiger partial charge is 0.338 e. The van der Waals surface area contributed by atoms with Crippen LogP contribution in [0.5, 0.6) is 0 Å². The Balaban J connectivity index is 1.58. The number of anilines is 1. The van der Waals surface area contributed by atoms with E-state index < -0.39 is 10.0 Å². The van der Waals surface area contributed by atoms with Crippen LogP contribution in [-0.2, 0) is 10.0 Å². The number of carbonyl (C=O) groups is 1. The lowest BCUT2D eigenvalue weighted by atomic mass is 10.0. The highest BCUT2D eigenvalue weighted by Crippen LogP contribution is 2.30. The second-order valence-electron chi connectivity index (χ2n) is 7.84. The van der Waals surface area contributed by atoms with Gasteiger partial charge in [-0.15, -0.1) is 6.58 Å². The van der Waals surface area contributed by atoms with Crippen molar-refractivity contribution in [2.45, 2.75) is 23.8 Å². The molecule has 1 amide bonds. The number of imidazole rings is 1. The molecular weight excluding hydrogens is 460 g/mol. The molecule has 0 radical (unpaired) electrons. The Hall–Kier alpha value is -3.10. The van der Waals surface area contributed by atoms with Crippen molar-refractivity contribution < 1.29 is 13.2 Å². The van der Waals surface area contributed by atoms with E-state index in [4.69, 9.17) is 11.6 Å². The molecule has 9 heteroatoms. The molecule has 0 unspecified atom stereocenters. The van der Waals surface area contributed by atoms with Gasteiger partial charge in [0.1, 0.15) is 4.90 Å². The van der Waals surface area contributed by atoms with Crippen LogP contribution in [0.2, 0.25) is 5.02 Å². The van der Waals surface area contributed by atoms with Crippen LogP contribution < -0.4 is 4.31 Å². The lowest BCUT2D eigenvalue weighted by Crippen LogP contribution is -2.39. The van der Waals surface area contributed by atoms with Gasteiger partial charge < -0.3 is 9.47 Å². The maximum Gasteiger partial charge on any atom is 0.266 e. The maximum atomic E-state index is 13.5. The summed E-state index contributed by atoms with van der Waals surface area (Å²) in [4.78, 5) is 18.9. The second kappa shape index (κ2) is 9.80. The number of carbonyl (C=O) groups excluding carboxylic acids is 1. The zero-order valence-corrected chi connectivity index (χ0v) is 19.6. The average molecular weight is 485 g/mol. The van der Waals surface area contributed by atoms with Gasteiger partial charge in [0, 0.05) is 37.1 Å². The van der Waals surface area contributed by atoms with E-state index in [9.17, 15) is 13.2 Å². The number of hydrogen-bond acceptors (Lipinski definition) is 4. The van der Waals surface area contributed by atoms with Crippen molar-refractivity contribution in [2.75, 3.05) is 23.9 Å². The molecule has 0 bridgehead atoms. The fourth-order valence-corrected chi connectivity index (χ4v) is 5.98. The smallest absolute Gasteiger partial charge is 0.266 e. The van der Waals surface area contributed by atoms with Crippen LogP contribution in [0.3, 0.4) is 0 Å². The Morgan fingerprint density at radius 1 is 1.18 bits per heavy atom. The number of aromatic nitrogens is 2. The predicted octanol–water partition coefficient (Wildman–Crippen LogP) is 4.40. The molecular formula is C24H25ClN4O3S. The third-order valence-corrected chi connectivity index (χ3v) is 8.06. The third kappa shape index (κ3) is 4.82. The predicted molar refractivity (Wildman–Crippen MR) is 129 cm³/mol. The number of likely N-dealkylation sites (tertiary alicyclic amines) is 1. The van der Waals surface area contributed by atoms with Gasteiger partial charge in [0.15, 0.2) is 0 Å². The first kappa shape index (κ1) is 23.1. The SMILES string of the molecule is C=CCN(c1ccccc1)S(=O)(=O)c1cc(C(=O)N2CCC(n3ccnc3)CC2)ccc1Cl. The summed E-state index contributed by atoms with van der Waals surface area (Å²) in [6, 6.07) is 13.5. The number of rotatable bonds is 7. The van der Waals surface area contributed by atoms with Gasteiger partial charge in [0.25, 0.3) is 15.9 Å². The van der Waals surface area contributed by atoms with Gasteiger partial charge in [0.05, 0.1) is 23.6 Å². The lowest BCUT2D eigenvalue weighted by molar-refractivity contribution is 0.0694. The molecule has 1 aliphatic rings. The Labute approximate surface area is 199 Å². The average Bonchev–Trinajstić information content (AvgIpc) is 3.38. The Morgan fingerprint density at radius 2 is 1.91 bits per heavy atom. The van der Waals surface area contributed by atoms with Crippen molar-refractivity contribution in [3.63, 3.8) is 0 Å². The minimum absolute atomic E-state index is 0.0651. The van der Waals surface area contributed by atoms with E-state index in [0.29, 0.717) is 30.4 Å². The van der Waals surface area contributed by atoms with Gasteiger partial charge in [-0.1, -0.05) is 35.9 Å². The van der Waals surface area contributed by atoms with E-state index in [1.165, 1.54) is 22.5 Å². The van der Waals surface area contributed by atoms with Gasteiger partial charge in [0.2, 0.25) is 0 Å². The number of nitrogens with zero attached hydrogens (tertiary/aromatic N) is 4. The molecule has 172 valence electrons. The molecule has 0 atom stereocenters. The van der Waals surface area contributed by atoms with Crippen molar-refractivity contribution in [1.82, 2.24) is 14.5 Å². The molecule has 1 aliphatic heterocycles. The molecule has 33 heavy (non-hydrogen) atoms. The van der Waals surface area contributed by atoms with E-state index in [0.717, 1.165) is 12.8 Å². The summed E-state index contributed by atoms with van der Waals surface area (Å²) in [5.74, 6) is -0.206. The van der Waals surface area contributed by atoms with Crippen LogP contribution in [0.1, 0.15) is 29.2 Å². The number of benzene rings is 2. The molecule has 3 aromatic rings. The normalized spacial score (nSPS) is 14.8. The number of sulfonamides is 1. The number of amides is 1. The summed E-state index contributed by atoms with van der Waals surface area (Å²) in [5, 5.41) is 0.0651. The summed E-state index contributed by atoms with van der Waals surface area (Å²) in [5.41, 5.74) is 0.789. The number of hydrogen-bond donors (Lipinski definition) is 0. The molecule has 0 aliphatic carbocycles. The van der Waals surface area contributed by atoms with Gasteiger partial charge in [-0.2, -0.15) is 0 Å². The standard InChI is InChI=1S/C24H25ClN4O3S/c1-2-13-29(21-6-4-3-5-7-21)33(31,32)23-17-19(8-9-22(23)25)24(30)27-14-10-20(11-15-27)28-16-12-26-18-28/h2-9,12,16-18,20H,1,10-11,13-15H2. The van der Waals surface area contributed by atoms with Crippen molar-refractivity contribution in [2.24, 2.45) is 0 Å². The quantitative estimate of drug-likeness (QED) is 0.466. The van der Waals surface area contributed by atoms with E-state index >= 15 is 0 Å². The summed E-state index contributed by atoms with van der Waals surface area (Å²) in [6.07, 6.45) is 8.60. The second-order valence-corrected chi connectivity index (χ2v) is 10.1. The monoisotopic (exact) mass is 484 g/mol. The van der Waals surface area contributed by atoms with E-state index in [2.05, 4.69) is 16.1 Å². The highest BCUT2D eigenvalue weighted by Gasteiger charge is 2.29. The van der Waals surface area contributed by atoms with Gasteiger partial charge in [-0.05, 0) is 43.2 Å². The lowest BCUT2D eigenvalue weighted by Gasteiger charge is -2.32. The molecule has 1 fully saturated rings. The van der Waals surface area contributed by atoms with Crippen LogP contribution in [0.15, 0.2) is 84.8 Å². The minimum atomic E-state index is -4.02. The molecule has 1 aromatic heterocycles. The van der Waals surface area contributed by atoms with Crippen LogP contribution in [0, 0.1) is 0 Å². The summed E-state index contributed by atoms with van der Waals surface area (Å²) >= 11 is 6.31. The molecule has 0 spiro atoms. The van der Waals surface area contributed by atoms with Gasteiger partial charge in [-0.3, -0.25) is 9.10 Å². The third-order valence-electron chi connectivity index (χ3n) is 5.78. The van der Waals surface area contributed by atoms with E-state index in [1.54, 1.807) is 47.8 Å². The molecule has 4 rings (SSSR count). The zero-order valence-electron chi connectivity index (χ0n) is 18.0. The van der Waals surface area contributed by atoms with Crippen LogP contribution in [0.4, 0.5) is 5.69 Å². The van der Waals surface area contributed by atoms with Crippen molar-refractivity contribution in [3.8, 4) is 0 Å². The molecule has 2 aromatic carbocycles. The van der Waals surface area contributed by atoms with Crippen LogP contribution >= 0.6 is 11.6 Å². The first-order chi connectivity index (χ1) is 15.9. The van der Waals surface area contributed by atoms with Gasteiger partial charge >= 0.3 is 0 Å². The van der Waals surface area contributed by atoms with Crippen LogP contribution in [0.25, 0.3) is 0 Å². The Morgan fingerprint density at radius 3 is 2.55 bits per heavy atom. The number of piperidine rings is 1. The molecule has 1 saturated heterocycles. The summed E-state index contributed by atoms with van der Waals surface area (Å²) in [6.45, 7) is 4.92. The number of halogens is 1. The Kier molecular flexibility index (Phi) is 6.85. The molecule has 0 saturated carbocycles. The molecule has 7 nitrogen and oxygen atoms in total. The highest BCUT2D eigenvalue weighted by atomic mass is 35.5. The van der Waals surface area contributed by atoms with E-state index in [-0.39, 0.29) is 22.4 Å². The zero-order chi connectivity index (χ0) is 23.4. The fraction of sp³-hybridized carbons (Fsp3) is 0.250. The summed E-state index contributed by atoms with van der Waals surface area (Å²) in [7, 11) is -4.02. The van der Waals surface area contributed by atoms with Crippen molar-refractivity contribution in [3.05, 3.63) is 90.5 Å². The molecule has 2 heterocycles. The van der Waals surface area contributed by atoms with Crippen molar-refractivity contribution in [1.29, 1.82) is 0 Å². The van der Waals surface area contributed by atoms with Gasteiger partial charge in [-0.25, -0.2) is 13.4 Å². The first-order valence-electron chi connectivity index (χ1n) is 10.7. The molecule has 0 N–H and O–H groups in total.